The second kappa shape index (κ2) is 6.07. The van der Waals surface area contributed by atoms with Crippen LogP contribution in [0.5, 0.6) is 0 Å². The van der Waals surface area contributed by atoms with Crippen molar-refractivity contribution < 1.29 is 9.66 Å². The molecule has 5 nitrogen and oxygen atoms in total. The topological polar surface area (TPSA) is 64.4 Å². The number of benzene rings is 1. The van der Waals surface area contributed by atoms with E-state index in [1.807, 2.05) is 6.92 Å². The molecule has 0 saturated carbocycles. The van der Waals surface area contributed by atoms with Crippen LogP contribution in [0.2, 0.25) is 0 Å². The number of nitro groups is 1. The van der Waals surface area contributed by atoms with Crippen LogP contribution in [-0.2, 0) is 4.74 Å². The lowest BCUT2D eigenvalue weighted by molar-refractivity contribution is -0.384. The van der Waals surface area contributed by atoms with E-state index in [4.69, 9.17) is 4.74 Å². The highest BCUT2D eigenvalue weighted by molar-refractivity contribution is 5.61. The fourth-order valence-electron chi connectivity index (χ4n) is 1.44. The molecule has 88 valence electrons. The highest BCUT2D eigenvalue weighted by atomic mass is 16.6. The van der Waals surface area contributed by atoms with Crippen molar-refractivity contribution in [2.75, 3.05) is 19.0 Å². The number of nitrogens with zero attached hydrogens (tertiary/aromatic N) is 1. The van der Waals surface area contributed by atoms with Crippen LogP contribution in [0.3, 0.4) is 0 Å². The molecular formula is C11H16N2O3. The number of nitro benzene ring substituents is 1. The molecule has 0 aliphatic rings. The first kappa shape index (κ1) is 12.4. The highest BCUT2D eigenvalue weighted by Crippen LogP contribution is 2.24. The minimum atomic E-state index is -0.387. The molecule has 0 amide bonds. The Morgan fingerprint density at radius 3 is 2.75 bits per heavy atom. The first-order valence-corrected chi connectivity index (χ1v) is 5.18. The molecule has 0 saturated heterocycles. The maximum Gasteiger partial charge on any atom is 0.292 e. The van der Waals surface area contributed by atoms with E-state index in [-0.39, 0.29) is 16.7 Å². The van der Waals surface area contributed by atoms with Crippen LogP contribution in [0.1, 0.15) is 13.3 Å². The quantitative estimate of drug-likeness (QED) is 0.595. The van der Waals surface area contributed by atoms with E-state index in [9.17, 15) is 10.1 Å². The molecule has 0 fully saturated rings. The van der Waals surface area contributed by atoms with Gasteiger partial charge >= 0.3 is 0 Å². The molecule has 1 N–H and O–H groups in total. The summed E-state index contributed by atoms with van der Waals surface area (Å²) in [6.45, 7) is 2.54. The fourth-order valence-corrected chi connectivity index (χ4v) is 1.44. The first-order valence-electron chi connectivity index (χ1n) is 5.18. The van der Waals surface area contributed by atoms with E-state index < -0.39 is 0 Å². The van der Waals surface area contributed by atoms with Gasteiger partial charge in [0, 0.05) is 19.2 Å². The summed E-state index contributed by atoms with van der Waals surface area (Å²) >= 11 is 0. The van der Waals surface area contributed by atoms with Crippen molar-refractivity contribution in [3.05, 3.63) is 34.4 Å². The van der Waals surface area contributed by atoms with Gasteiger partial charge in [-0.3, -0.25) is 10.1 Å². The Labute approximate surface area is 94.6 Å². The highest BCUT2D eigenvalue weighted by Gasteiger charge is 2.15. The van der Waals surface area contributed by atoms with Gasteiger partial charge in [0.05, 0.1) is 11.5 Å². The average Bonchev–Trinajstić information content (AvgIpc) is 2.29. The largest absolute Gasteiger partial charge is 0.383 e. The SMILES string of the molecule is CCC(COC)Nc1ccccc1[N+](=O)[O-]. The van der Waals surface area contributed by atoms with Crippen LogP contribution in [0.4, 0.5) is 11.4 Å². The molecule has 0 aromatic heterocycles. The number of ether oxygens (including phenoxy) is 1. The lowest BCUT2D eigenvalue weighted by Crippen LogP contribution is -2.24. The third kappa shape index (κ3) is 3.20. The predicted octanol–water partition coefficient (Wildman–Crippen LogP) is 2.43. The molecule has 0 aliphatic heterocycles. The second-order valence-corrected chi connectivity index (χ2v) is 3.48. The van der Waals surface area contributed by atoms with E-state index in [0.29, 0.717) is 12.3 Å². The minimum Gasteiger partial charge on any atom is -0.383 e. The van der Waals surface area contributed by atoms with Crippen LogP contribution in [0, 0.1) is 10.1 Å². The number of methoxy groups -OCH3 is 1. The number of anilines is 1. The van der Waals surface area contributed by atoms with Gasteiger partial charge in [-0.2, -0.15) is 0 Å². The van der Waals surface area contributed by atoms with Crippen molar-refractivity contribution in [3.8, 4) is 0 Å². The average molecular weight is 224 g/mol. The van der Waals surface area contributed by atoms with E-state index in [0.717, 1.165) is 6.42 Å². The smallest absolute Gasteiger partial charge is 0.292 e. The molecule has 0 radical (unpaired) electrons. The lowest BCUT2D eigenvalue weighted by Gasteiger charge is -2.16. The molecule has 1 atom stereocenters. The zero-order valence-electron chi connectivity index (χ0n) is 9.47. The van der Waals surface area contributed by atoms with Gasteiger partial charge in [-0.15, -0.1) is 0 Å². The summed E-state index contributed by atoms with van der Waals surface area (Å²) in [5, 5.41) is 13.9. The molecule has 1 rings (SSSR count). The Morgan fingerprint density at radius 1 is 1.50 bits per heavy atom. The predicted molar refractivity (Wildman–Crippen MR) is 62.7 cm³/mol. The lowest BCUT2D eigenvalue weighted by atomic mass is 10.2. The summed E-state index contributed by atoms with van der Waals surface area (Å²) in [4.78, 5) is 10.4. The number of rotatable bonds is 6. The summed E-state index contributed by atoms with van der Waals surface area (Å²) in [5.41, 5.74) is 0.633. The van der Waals surface area contributed by atoms with Crippen LogP contribution in [0.15, 0.2) is 24.3 Å². The van der Waals surface area contributed by atoms with Gasteiger partial charge in [0.25, 0.3) is 5.69 Å². The molecule has 0 aliphatic carbocycles. The Hall–Kier alpha value is -1.62. The molecule has 0 heterocycles. The molecule has 16 heavy (non-hydrogen) atoms. The van der Waals surface area contributed by atoms with Gasteiger partial charge < -0.3 is 10.1 Å². The van der Waals surface area contributed by atoms with Crippen molar-refractivity contribution in [2.45, 2.75) is 19.4 Å². The molecule has 1 aromatic carbocycles. The Bertz CT molecular complexity index is 355. The van der Waals surface area contributed by atoms with Crippen molar-refractivity contribution in [3.63, 3.8) is 0 Å². The van der Waals surface area contributed by atoms with Crippen molar-refractivity contribution >= 4 is 11.4 Å². The van der Waals surface area contributed by atoms with Gasteiger partial charge in [-0.25, -0.2) is 0 Å². The van der Waals surface area contributed by atoms with Crippen LogP contribution < -0.4 is 5.32 Å². The van der Waals surface area contributed by atoms with Crippen LogP contribution >= 0.6 is 0 Å². The van der Waals surface area contributed by atoms with E-state index in [2.05, 4.69) is 5.32 Å². The van der Waals surface area contributed by atoms with E-state index >= 15 is 0 Å². The van der Waals surface area contributed by atoms with E-state index in [1.165, 1.54) is 6.07 Å². The van der Waals surface area contributed by atoms with Crippen molar-refractivity contribution in [1.29, 1.82) is 0 Å². The Morgan fingerprint density at radius 2 is 2.19 bits per heavy atom. The number of para-hydroxylation sites is 2. The van der Waals surface area contributed by atoms with E-state index in [1.54, 1.807) is 25.3 Å². The van der Waals surface area contributed by atoms with Gasteiger partial charge in [0.15, 0.2) is 0 Å². The molecular weight excluding hydrogens is 208 g/mol. The number of hydrogen-bond acceptors (Lipinski definition) is 4. The van der Waals surface area contributed by atoms with Crippen molar-refractivity contribution in [1.82, 2.24) is 0 Å². The molecule has 0 spiro atoms. The summed E-state index contributed by atoms with van der Waals surface area (Å²) in [5.74, 6) is 0. The Kier molecular flexibility index (Phi) is 4.72. The molecule has 0 bridgehead atoms. The van der Waals surface area contributed by atoms with Gasteiger partial charge in [-0.1, -0.05) is 19.1 Å². The van der Waals surface area contributed by atoms with Gasteiger partial charge in [0.2, 0.25) is 0 Å². The van der Waals surface area contributed by atoms with Gasteiger partial charge in [-0.05, 0) is 12.5 Å². The third-order valence-electron chi connectivity index (χ3n) is 2.32. The summed E-state index contributed by atoms with van der Waals surface area (Å²) < 4.78 is 5.04. The zero-order valence-corrected chi connectivity index (χ0v) is 9.47. The maximum absolute atomic E-state index is 10.8. The summed E-state index contributed by atoms with van der Waals surface area (Å²) in [6.07, 6.45) is 0.847. The zero-order chi connectivity index (χ0) is 12.0. The van der Waals surface area contributed by atoms with Gasteiger partial charge in [0.1, 0.15) is 5.69 Å². The molecule has 1 unspecified atom stereocenters. The summed E-state index contributed by atoms with van der Waals surface area (Å²) in [6, 6.07) is 6.71. The van der Waals surface area contributed by atoms with Crippen LogP contribution in [0.25, 0.3) is 0 Å². The van der Waals surface area contributed by atoms with Crippen molar-refractivity contribution in [2.24, 2.45) is 0 Å². The first-order chi connectivity index (χ1) is 7.69. The standard InChI is InChI=1S/C11H16N2O3/c1-3-9(8-16-2)12-10-6-4-5-7-11(10)13(14)15/h4-7,9,12H,3,8H2,1-2H3. The number of nitrogens with one attached hydrogen (secondary N) is 1. The normalized spacial score (nSPS) is 12.1. The molecule has 1 aromatic rings. The molecule has 5 heteroatoms. The second-order valence-electron chi connectivity index (χ2n) is 3.48. The minimum absolute atomic E-state index is 0.0890. The van der Waals surface area contributed by atoms with Crippen LogP contribution in [-0.4, -0.2) is 24.7 Å². The monoisotopic (exact) mass is 224 g/mol. The Balaban J connectivity index is 2.82. The summed E-state index contributed by atoms with van der Waals surface area (Å²) in [7, 11) is 1.61. The maximum atomic E-state index is 10.8. The fraction of sp³-hybridized carbons (Fsp3) is 0.455. The third-order valence-corrected chi connectivity index (χ3v) is 2.32. The number of hydrogen-bond donors (Lipinski definition) is 1.